The van der Waals surface area contributed by atoms with E-state index in [0.29, 0.717) is 0 Å². The summed E-state index contributed by atoms with van der Waals surface area (Å²) in [6, 6.07) is 6.66. The molecule has 1 heterocycles. The van der Waals surface area contributed by atoms with Crippen molar-refractivity contribution in [1.82, 2.24) is 10.2 Å². The van der Waals surface area contributed by atoms with E-state index in [0.717, 1.165) is 15.4 Å². The van der Waals surface area contributed by atoms with Crippen molar-refractivity contribution in [2.75, 3.05) is 18.8 Å². The van der Waals surface area contributed by atoms with Crippen molar-refractivity contribution in [1.29, 1.82) is 0 Å². The molecule has 1 aliphatic heterocycles. The second-order valence-corrected chi connectivity index (χ2v) is 5.75. The molecule has 1 aliphatic rings. The van der Waals surface area contributed by atoms with E-state index in [1.54, 1.807) is 0 Å². The Balaban J connectivity index is 2.02. The molecule has 0 saturated carbocycles. The number of nitrogens with one attached hydrogen (secondary N) is 1. The first-order valence-electron chi connectivity index (χ1n) is 6.46. The lowest BCUT2D eigenvalue weighted by Gasteiger charge is -2.32. The maximum Gasteiger partial charge on any atom is 0.328 e. The topological polar surface area (TPSA) is 86.7 Å². The molecule has 112 valence electrons. The first-order valence-corrected chi connectivity index (χ1v) is 7.45. The van der Waals surface area contributed by atoms with Crippen LogP contribution in [-0.2, 0) is 14.4 Å². The van der Waals surface area contributed by atoms with E-state index in [4.69, 9.17) is 5.11 Å². The van der Waals surface area contributed by atoms with Crippen LogP contribution in [0.3, 0.4) is 0 Å². The molecule has 0 aromatic heterocycles. The van der Waals surface area contributed by atoms with Crippen LogP contribution in [0.15, 0.2) is 29.2 Å². The summed E-state index contributed by atoms with van der Waals surface area (Å²) in [6.07, 6.45) is 0. The minimum atomic E-state index is -1.11. The second kappa shape index (κ2) is 6.62. The van der Waals surface area contributed by atoms with Crippen LogP contribution in [0.25, 0.3) is 0 Å². The normalized spacial score (nSPS) is 18.2. The molecule has 21 heavy (non-hydrogen) atoms. The zero-order valence-electron chi connectivity index (χ0n) is 11.5. The molecule has 6 nitrogen and oxygen atoms in total. The Morgan fingerprint density at radius 1 is 1.43 bits per heavy atom. The van der Waals surface area contributed by atoms with Gasteiger partial charge in [0, 0.05) is 11.4 Å². The average molecular weight is 308 g/mol. The summed E-state index contributed by atoms with van der Waals surface area (Å²) >= 11 is 1.35. The summed E-state index contributed by atoms with van der Waals surface area (Å²) in [4.78, 5) is 36.8. The lowest BCUT2D eigenvalue weighted by molar-refractivity contribution is -0.152. The summed E-state index contributed by atoms with van der Waals surface area (Å²) in [5.74, 6) is -1.67. The molecule has 7 heteroatoms. The number of carboxylic acid groups (broad SMARTS) is 1. The van der Waals surface area contributed by atoms with Crippen molar-refractivity contribution in [2.45, 2.75) is 17.9 Å². The molecule has 1 aromatic carbocycles. The fourth-order valence-electron chi connectivity index (χ4n) is 2.06. The molecule has 0 bridgehead atoms. The van der Waals surface area contributed by atoms with Gasteiger partial charge in [0.25, 0.3) is 0 Å². The number of aryl methyl sites for hydroxylation is 1. The minimum absolute atomic E-state index is 0.0467. The number of nitrogens with zero attached hydrogens (tertiary/aromatic N) is 1. The number of carboxylic acids is 1. The Hall–Kier alpha value is -2.02. The zero-order chi connectivity index (χ0) is 15.4. The van der Waals surface area contributed by atoms with Gasteiger partial charge in [-0.3, -0.25) is 9.59 Å². The molecular weight excluding hydrogens is 292 g/mol. The minimum Gasteiger partial charge on any atom is -0.480 e. The molecule has 1 unspecified atom stereocenters. The van der Waals surface area contributed by atoms with E-state index in [1.165, 1.54) is 11.8 Å². The van der Waals surface area contributed by atoms with Gasteiger partial charge < -0.3 is 15.3 Å². The van der Waals surface area contributed by atoms with Crippen LogP contribution < -0.4 is 5.32 Å². The Kier molecular flexibility index (Phi) is 4.85. The molecular formula is C14H16N2O4S. The first-order chi connectivity index (χ1) is 9.99. The highest BCUT2D eigenvalue weighted by atomic mass is 32.2. The maximum atomic E-state index is 12.2. The molecule has 1 fully saturated rings. The SMILES string of the molecule is Cc1ccccc1SCC(=O)N1CC(=O)NCC1C(=O)O. The number of piperazine rings is 1. The zero-order valence-corrected chi connectivity index (χ0v) is 12.4. The van der Waals surface area contributed by atoms with Gasteiger partial charge in [0.2, 0.25) is 11.8 Å². The maximum absolute atomic E-state index is 12.2. The number of benzene rings is 1. The standard InChI is InChI=1S/C14H16N2O4S/c1-9-4-2-3-5-11(9)21-8-13(18)16-7-12(17)15-6-10(16)14(19)20/h2-5,10H,6-8H2,1H3,(H,15,17)(H,19,20). The highest BCUT2D eigenvalue weighted by Gasteiger charge is 2.34. The Bertz CT molecular complexity index is 576. The second-order valence-electron chi connectivity index (χ2n) is 4.73. The lowest BCUT2D eigenvalue weighted by atomic mass is 10.2. The summed E-state index contributed by atoms with van der Waals surface area (Å²) < 4.78 is 0. The molecule has 2 rings (SSSR count). The van der Waals surface area contributed by atoms with Gasteiger partial charge >= 0.3 is 5.97 Å². The molecule has 1 aromatic rings. The van der Waals surface area contributed by atoms with Crippen LogP contribution in [0.4, 0.5) is 0 Å². The van der Waals surface area contributed by atoms with Crippen LogP contribution in [0, 0.1) is 6.92 Å². The van der Waals surface area contributed by atoms with Crippen molar-refractivity contribution in [3.8, 4) is 0 Å². The number of rotatable bonds is 4. The number of hydrogen-bond acceptors (Lipinski definition) is 4. The van der Waals surface area contributed by atoms with Crippen molar-refractivity contribution >= 4 is 29.5 Å². The molecule has 0 spiro atoms. The van der Waals surface area contributed by atoms with Crippen LogP contribution in [-0.4, -0.2) is 52.7 Å². The van der Waals surface area contributed by atoms with Crippen LogP contribution in [0.5, 0.6) is 0 Å². The summed E-state index contributed by atoms with van der Waals surface area (Å²) in [5.41, 5.74) is 1.06. The van der Waals surface area contributed by atoms with Gasteiger partial charge in [-0.1, -0.05) is 18.2 Å². The Morgan fingerprint density at radius 2 is 2.14 bits per heavy atom. The fourth-order valence-corrected chi connectivity index (χ4v) is 2.98. The van der Waals surface area contributed by atoms with Crippen molar-refractivity contribution in [3.63, 3.8) is 0 Å². The molecule has 2 amide bonds. The quantitative estimate of drug-likeness (QED) is 0.791. The first kappa shape index (κ1) is 15.4. The molecule has 0 aliphatic carbocycles. The lowest BCUT2D eigenvalue weighted by Crippen LogP contribution is -2.59. The van der Waals surface area contributed by atoms with Crippen molar-refractivity contribution in [3.05, 3.63) is 29.8 Å². The third-order valence-corrected chi connectivity index (χ3v) is 4.39. The van der Waals surface area contributed by atoms with E-state index in [-0.39, 0.29) is 30.7 Å². The summed E-state index contributed by atoms with van der Waals surface area (Å²) in [6.45, 7) is 1.69. The van der Waals surface area contributed by atoms with Crippen molar-refractivity contribution < 1.29 is 19.5 Å². The van der Waals surface area contributed by atoms with Gasteiger partial charge in [-0.2, -0.15) is 0 Å². The highest BCUT2D eigenvalue weighted by molar-refractivity contribution is 8.00. The van der Waals surface area contributed by atoms with Crippen LogP contribution in [0.1, 0.15) is 5.56 Å². The molecule has 1 atom stereocenters. The van der Waals surface area contributed by atoms with Gasteiger partial charge in [0.15, 0.2) is 0 Å². The Morgan fingerprint density at radius 3 is 2.81 bits per heavy atom. The van der Waals surface area contributed by atoms with E-state index in [2.05, 4.69) is 5.32 Å². The van der Waals surface area contributed by atoms with Crippen molar-refractivity contribution in [2.24, 2.45) is 0 Å². The number of thioether (sulfide) groups is 1. The molecule has 0 radical (unpaired) electrons. The van der Waals surface area contributed by atoms with E-state index >= 15 is 0 Å². The number of carbonyl (C=O) groups excluding carboxylic acids is 2. The molecule has 2 N–H and O–H groups in total. The predicted molar refractivity (Wildman–Crippen MR) is 78.0 cm³/mol. The van der Waals surface area contributed by atoms with E-state index in [9.17, 15) is 14.4 Å². The number of amides is 2. The van der Waals surface area contributed by atoms with Gasteiger partial charge in [0.1, 0.15) is 12.6 Å². The number of carbonyl (C=O) groups is 3. The summed E-state index contributed by atoms with van der Waals surface area (Å²) in [7, 11) is 0. The average Bonchev–Trinajstić information content (AvgIpc) is 2.45. The fraction of sp³-hybridized carbons (Fsp3) is 0.357. The van der Waals surface area contributed by atoms with Gasteiger partial charge in [-0.25, -0.2) is 4.79 Å². The van der Waals surface area contributed by atoms with Crippen LogP contribution in [0.2, 0.25) is 0 Å². The van der Waals surface area contributed by atoms with Gasteiger partial charge in [-0.05, 0) is 18.6 Å². The smallest absolute Gasteiger partial charge is 0.328 e. The third-order valence-electron chi connectivity index (χ3n) is 3.23. The van der Waals surface area contributed by atoms with E-state index < -0.39 is 12.0 Å². The number of hydrogen-bond donors (Lipinski definition) is 2. The van der Waals surface area contributed by atoms with Gasteiger partial charge in [0.05, 0.1) is 5.75 Å². The predicted octanol–water partition coefficient (Wildman–Crippen LogP) is 0.499. The molecule has 1 saturated heterocycles. The Labute approximate surface area is 126 Å². The third kappa shape index (κ3) is 3.75. The summed E-state index contributed by atoms with van der Waals surface area (Å²) in [5, 5.41) is 11.6. The number of aliphatic carboxylic acids is 1. The van der Waals surface area contributed by atoms with Gasteiger partial charge in [-0.15, -0.1) is 11.8 Å². The highest BCUT2D eigenvalue weighted by Crippen LogP contribution is 2.22. The largest absolute Gasteiger partial charge is 0.480 e. The van der Waals surface area contributed by atoms with E-state index in [1.807, 2.05) is 31.2 Å². The van der Waals surface area contributed by atoms with Crippen LogP contribution >= 0.6 is 11.8 Å². The monoisotopic (exact) mass is 308 g/mol.